The molecule has 1 saturated heterocycles. The van der Waals surface area contributed by atoms with Crippen molar-refractivity contribution >= 4 is 28.7 Å². The molecule has 146 valence electrons. The van der Waals surface area contributed by atoms with E-state index in [9.17, 15) is 4.79 Å². The van der Waals surface area contributed by atoms with Gasteiger partial charge in [0.15, 0.2) is 5.65 Å². The zero-order valence-corrected chi connectivity index (χ0v) is 16.9. The maximum Gasteiger partial charge on any atom is 0.232 e. The number of ether oxygens (including phenoxy) is 1. The predicted octanol–water partition coefficient (Wildman–Crippen LogP) is 3.17. The van der Waals surface area contributed by atoms with Gasteiger partial charge in [0.25, 0.3) is 0 Å². The van der Waals surface area contributed by atoms with Crippen LogP contribution >= 0.6 is 11.8 Å². The highest BCUT2D eigenvalue weighted by atomic mass is 32.2. The summed E-state index contributed by atoms with van der Waals surface area (Å²) >= 11 is 1.45. The maximum absolute atomic E-state index is 12.6. The molecule has 8 heteroatoms. The number of carbonyl (C=O) groups is 1. The van der Waals surface area contributed by atoms with Crippen molar-refractivity contribution in [3.63, 3.8) is 0 Å². The lowest BCUT2D eigenvalue weighted by Crippen LogP contribution is -2.40. The molecule has 7 nitrogen and oxygen atoms in total. The summed E-state index contributed by atoms with van der Waals surface area (Å²) in [6, 6.07) is 7.64. The summed E-state index contributed by atoms with van der Waals surface area (Å²) in [5.74, 6) is 1.92. The molecule has 0 radical (unpaired) electrons. The number of fused-ring (bicyclic) bond motifs is 1. The molecule has 2 aromatic heterocycles. The van der Waals surface area contributed by atoms with Crippen LogP contribution in [0.3, 0.4) is 0 Å². The molecule has 0 spiro atoms. The van der Waals surface area contributed by atoms with E-state index in [0.717, 1.165) is 47.0 Å². The van der Waals surface area contributed by atoms with Crippen LogP contribution in [-0.2, 0) is 4.79 Å². The smallest absolute Gasteiger partial charge is 0.232 e. The van der Waals surface area contributed by atoms with Crippen molar-refractivity contribution < 1.29 is 9.53 Å². The Morgan fingerprint density at radius 1 is 1.29 bits per heavy atom. The highest BCUT2D eigenvalue weighted by molar-refractivity contribution is 8.00. The Balaban J connectivity index is 1.52. The molecule has 1 aliphatic rings. The van der Waals surface area contributed by atoms with Crippen LogP contribution in [0.1, 0.15) is 19.8 Å². The summed E-state index contributed by atoms with van der Waals surface area (Å²) < 4.78 is 6.98. The van der Waals surface area contributed by atoms with E-state index in [2.05, 4.69) is 22.0 Å². The summed E-state index contributed by atoms with van der Waals surface area (Å²) in [4.78, 5) is 23.3. The largest absolute Gasteiger partial charge is 0.497 e. The van der Waals surface area contributed by atoms with Gasteiger partial charge in [-0.3, -0.25) is 4.79 Å². The van der Waals surface area contributed by atoms with E-state index in [1.54, 1.807) is 18.0 Å². The maximum atomic E-state index is 12.6. The molecule has 1 fully saturated rings. The van der Waals surface area contributed by atoms with E-state index in [-0.39, 0.29) is 5.91 Å². The first-order valence-corrected chi connectivity index (χ1v) is 10.4. The fraction of sp³-hybridized carbons (Fsp3) is 0.400. The monoisotopic (exact) mass is 397 g/mol. The second kappa shape index (κ2) is 8.18. The Hall–Kier alpha value is -2.61. The number of hydrogen-bond donors (Lipinski definition) is 0. The van der Waals surface area contributed by atoms with Crippen molar-refractivity contribution in [3.8, 4) is 11.4 Å². The second-order valence-electron chi connectivity index (χ2n) is 7.05. The molecule has 4 rings (SSSR count). The van der Waals surface area contributed by atoms with Gasteiger partial charge in [-0.2, -0.15) is 5.10 Å². The first-order chi connectivity index (χ1) is 13.7. The number of amides is 1. The van der Waals surface area contributed by atoms with Crippen molar-refractivity contribution in [2.24, 2.45) is 5.92 Å². The number of thioether (sulfide) groups is 1. The zero-order chi connectivity index (χ0) is 19.5. The van der Waals surface area contributed by atoms with Crippen molar-refractivity contribution in [3.05, 3.63) is 36.8 Å². The van der Waals surface area contributed by atoms with Gasteiger partial charge in [0.2, 0.25) is 5.91 Å². The van der Waals surface area contributed by atoms with Crippen molar-refractivity contribution in [2.75, 3.05) is 26.0 Å². The molecule has 3 heterocycles. The van der Waals surface area contributed by atoms with Crippen LogP contribution in [0.25, 0.3) is 16.7 Å². The lowest BCUT2D eigenvalue weighted by atomic mass is 10.0. The van der Waals surface area contributed by atoms with Crippen molar-refractivity contribution in [1.29, 1.82) is 0 Å². The third kappa shape index (κ3) is 3.82. The number of likely N-dealkylation sites (tertiary alicyclic amines) is 1. The summed E-state index contributed by atoms with van der Waals surface area (Å²) in [6.07, 6.45) is 5.58. The topological polar surface area (TPSA) is 73.1 Å². The summed E-state index contributed by atoms with van der Waals surface area (Å²) in [5.41, 5.74) is 1.62. The van der Waals surface area contributed by atoms with Crippen molar-refractivity contribution in [2.45, 2.75) is 24.8 Å². The Kier molecular flexibility index (Phi) is 5.47. The Morgan fingerprint density at radius 3 is 2.86 bits per heavy atom. The number of methoxy groups -OCH3 is 1. The molecule has 1 atom stereocenters. The lowest BCUT2D eigenvalue weighted by Gasteiger charge is -2.30. The Morgan fingerprint density at radius 2 is 2.11 bits per heavy atom. The van der Waals surface area contributed by atoms with Gasteiger partial charge in [0.05, 0.1) is 30.1 Å². The minimum atomic E-state index is 0.172. The molecule has 1 aromatic carbocycles. The number of aromatic nitrogens is 4. The second-order valence-corrected chi connectivity index (χ2v) is 8.01. The number of rotatable bonds is 5. The molecule has 0 bridgehead atoms. The Labute approximate surface area is 168 Å². The number of nitrogens with zero attached hydrogens (tertiary/aromatic N) is 5. The molecule has 1 amide bonds. The number of carbonyl (C=O) groups excluding carboxylic acids is 1. The zero-order valence-electron chi connectivity index (χ0n) is 16.0. The number of piperidine rings is 1. The quantitative estimate of drug-likeness (QED) is 0.486. The van der Waals surface area contributed by atoms with Gasteiger partial charge < -0.3 is 9.64 Å². The first kappa shape index (κ1) is 18.7. The van der Waals surface area contributed by atoms with E-state index in [1.807, 2.05) is 29.2 Å². The third-order valence-corrected chi connectivity index (χ3v) is 5.98. The van der Waals surface area contributed by atoms with E-state index in [0.29, 0.717) is 11.7 Å². The van der Waals surface area contributed by atoms with Gasteiger partial charge in [-0.1, -0.05) is 18.7 Å². The van der Waals surface area contributed by atoms with Crippen molar-refractivity contribution in [1.82, 2.24) is 24.6 Å². The Bertz CT molecular complexity index is 972. The van der Waals surface area contributed by atoms with E-state index < -0.39 is 0 Å². The van der Waals surface area contributed by atoms with Crippen LogP contribution in [0.4, 0.5) is 0 Å². The molecule has 3 aromatic rings. The van der Waals surface area contributed by atoms with Gasteiger partial charge in [-0.15, -0.1) is 0 Å². The molecular weight excluding hydrogens is 374 g/mol. The molecule has 28 heavy (non-hydrogen) atoms. The van der Waals surface area contributed by atoms with Crippen LogP contribution in [-0.4, -0.2) is 56.5 Å². The van der Waals surface area contributed by atoms with Crippen LogP contribution in [0, 0.1) is 5.92 Å². The normalized spacial score (nSPS) is 17.1. The van der Waals surface area contributed by atoms with Gasteiger partial charge >= 0.3 is 0 Å². The highest BCUT2D eigenvalue weighted by Gasteiger charge is 2.21. The number of hydrogen-bond acceptors (Lipinski definition) is 6. The fourth-order valence-electron chi connectivity index (χ4n) is 3.49. The minimum absolute atomic E-state index is 0.172. The van der Waals surface area contributed by atoms with Crippen LogP contribution < -0.4 is 4.74 Å². The fourth-order valence-corrected chi connectivity index (χ4v) is 4.35. The average molecular weight is 398 g/mol. The summed E-state index contributed by atoms with van der Waals surface area (Å²) in [6.45, 7) is 3.92. The van der Waals surface area contributed by atoms with Gasteiger partial charge in [-0.25, -0.2) is 14.6 Å². The van der Waals surface area contributed by atoms with Gasteiger partial charge in [-0.05, 0) is 43.0 Å². The SMILES string of the molecule is COc1ccc(-n2ncc3c(SCC(=O)N4CCCC(C)C4)ncnc32)cc1. The molecule has 1 aliphatic heterocycles. The summed E-state index contributed by atoms with van der Waals surface area (Å²) in [7, 11) is 1.64. The standard InChI is InChI=1S/C20H23N5O2S/c1-14-4-3-9-24(11-14)18(26)12-28-20-17-10-23-25(19(17)21-13-22-20)15-5-7-16(27-2)8-6-15/h5-8,10,13-14H,3-4,9,11-12H2,1-2H3. The van der Waals surface area contributed by atoms with Crippen LogP contribution in [0.5, 0.6) is 5.75 Å². The van der Waals surface area contributed by atoms with Crippen LogP contribution in [0.2, 0.25) is 0 Å². The average Bonchev–Trinajstić information content (AvgIpc) is 3.17. The molecule has 1 unspecified atom stereocenters. The van der Waals surface area contributed by atoms with Gasteiger partial charge in [0, 0.05) is 13.1 Å². The van der Waals surface area contributed by atoms with Gasteiger partial charge in [0.1, 0.15) is 17.1 Å². The molecule has 0 N–H and O–H groups in total. The number of benzene rings is 1. The molecular formula is C20H23N5O2S. The van der Waals surface area contributed by atoms with E-state index in [4.69, 9.17) is 4.74 Å². The molecule has 0 saturated carbocycles. The third-order valence-electron chi connectivity index (χ3n) is 4.99. The van der Waals surface area contributed by atoms with E-state index in [1.165, 1.54) is 24.5 Å². The van der Waals surface area contributed by atoms with Crippen LogP contribution in [0.15, 0.2) is 41.8 Å². The molecule has 0 aliphatic carbocycles. The first-order valence-electron chi connectivity index (χ1n) is 9.39. The predicted molar refractivity (Wildman–Crippen MR) is 109 cm³/mol. The lowest BCUT2D eigenvalue weighted by molar-refractivity contribution is -0.130. The summed E-state index contributed by atoms with van der Waals surface area (Å²) in [5, 5.41) is 6.10. The minimum Gasteiger partial charge on any atom is -0.497 e. The highest BCUT2D eigenvalue weighted by Crippen LogP contribution is 2.27. The van der Waals surface area contributed by atoms with E-state index >= 15 is 0 Å².